The topological polar surface area (TPSA) is 209 Å². The molecule has 0 radical (unpaired) electrons. The van der Waals surface area contributed by atoms with Gasteiger partial charge in [0.25, 0.3) is 5.91 Å². The van der Waals surface area contributed by atoms with Crippen LogP contribution in [0.3, 0.4) is 0 Å². The Morgan fingerprint density at radius 1 is 0.968 bits per heavy atom. The summed E-state index contributed by atoms with van der Waals surface area (Å²) in [6, 6.07) is 1.21. The molecule has 2 aromatic carbocycles. The number of benzene rings is 2. The number of aliphatic hydroxyl groups is 2. The van der Waals surface area contributed by atoms with Crippen LogP contribution in [0.2, 0.25) is 0 Å². The van der Waals surface area contributed by atoms with Gasteiger partial charge >= 0.3 is 0 Å². The molecule has 0 amide bonds. The number of nitrogen functional groups attached to an aromatic ring is 2. The van der Waals surface area contributed by atoms with Crippen LogP contribution in [-0.4, -0.2) is 49.7 Å². The van der Waals surface area contributed by atoms with Crippen molar-refractivity contribution < 1.29 is 35.0 Å². The summed E-state index contributed by atoms with van der Waals surface area (Å²) in [5, 5.41) is 55.4. The minimum atomic E-state index is -2.99. The minimum absolute atomic E-state index is 0.0536. The second-order valence-corrected chi connectivity index (χ2v) is 6.82. The third-order valence-electron chi connectivity index (χ3n) is 4.92. The van der Waals surface area contributed by atoms with Gasteiger partial charge in [0, 0.05) is 11.6 Å². The third kappa shape index (κ3) is 3.37. The summed E-state index contributed by atoms with van der Waals surface area (Å²) in [4.78, 5) is 7.67. The van der Waals surface area contributed by atoms with Crippen molar-refractivity contribution in [2.24, 2.45) is 0 Å². The fourth-order valence-electron chi connectivity index (χ4n) is 3.55. The Bertz CT molecular complexity index is 1200. The van der Waals surface area contributed by atoms with Gasteiger partial charge in [0.15, 0.2) is 23.0 Å². The Kier molecular flexibility index (Phi) is 5.21. The van der Waals surface area contributed by atoms with Crippen LogP contribution in [0.1, 0.15) is 16.7 Å². The highest BCUT2D eigenvalue weighted by Crippen LogP contribution is 2.47. The van der Waals surface area contributed by atoms with Crippen LogP contribution in [-0.2, 0) is 5.91 Å². The van der Waals surface area contributed by atoms with Crippen LogP contribution < -0.4 is 26.3 Å². The first-order chi connectivity index (χ1) is 14.4. The lowest BCUT2D eigenvalue weighted by Crippen LogP contribution is -2.36. The molecule has 10 N–H and O–H groups in total. The van der Waals surface area contributed by atoms with E-state index in [9.17, 15) is 25.5 Å². The van der Waals surface area contributed by atoms with Crippen molar-refractivity contribution in [1.82, 2.24) is 9.97 Å². The molecule has 0 saturated heterocycles. The fourth-order valence-corrected chi connectivity index (χ4v) is 3.55. The van der Waals surface area contributed by atoms with Crippen molar-refractivity contribution >= 4 is 28.4 Å². The number of fused-ring (bicyclic) bond motifs is 1. The molecule has 166 valence electrons. The number of aryl methyl sites for hydroxylation is 1. The first kappa shape index (κ1) is 21.8. The van der Waals surface area contributed by atoms with Crippen molar-refractivity contribution in [2.75, 3.05) is 31.0 Å². The summed E-state index contributed by atoms with van der Waals surface area (Å²) < 4.78 is 10.4. The van der Waals surface area contributed by atoms with Gasteiger partial charge < -0.3 is 51.8 Å². The number of ether oxygens (including phenoxy) is 2. The number of methoxy groups -OCH3 is 2. The smallest absolute Gasteiger partial charge is 0.277 e. The van der Waals surface area contributed by atoms with E-state index in [2.05, 4.69) is 15.3 Å². The summed E-state index contributed by atoms with van der Waals surface area (Å²) in [5.74, 6) is -4.97. The number of rotatable bonds is 5. The van der Waals surface area contributed by atoms with Gasteiger partial charge in [0.1, 0.15) is 17.1 Å². The van der Waals surface area contributed by atoms with Crippen LogP contribution in [0.5, 0.6) is 28.7 Å². The van der Waals surface area contributed by atoms with Crippen LogP contribution in [0.25, 0.3) is 10.9 Å². The number of nitrogens with zero attached hydrogens (tertiary/aromatic N) is 2. The molecule has 31 heavy (non-hydrogen) atoms. The Hall–Kier alpha value is -3.90. The van der Waals surface area contributed by atoms with Crippen LogP contribution >= 0.6 is 0 Å². The molecule has 3 aromatic rings. The minimum Gasteiger partial charge on any atom is -0.506 e. The number of anilines is 3. The van der Waals surface area contributed by atoms with Gasteiger partial charge in [0.05, 0.1) is 30.9 Å². The predicted molar refractivity (Wildman–Crippen MR) is 112 cm³/mol. The SMILES string of the molecule is COc1cc(O)c(NC(O)(O)c2c(O)c(O)c3nc(N)nc(N)c3c2C)c(C)c1OC. The van der Waals surface area contributed by atoms with E-state index in [0.29, 0.717) is 0 Å². The number of aromatic nitrogens is 2. The van der Waals surface area contributed by atoms with Crippen molar-refractivity contribution in [1.29, 1.82) is 0 Å². The molecule has 3 rings (SSSR count). The van der Waals surface area contributed by atoms with Gasteiger partial charge in [-0.2, -0.15) is 4.98 Å². The Labute approximate surface area is 176 Å². The van der Waals surface area contributed by atoms with Crippen molar-refractivity contribution in [3.63, 3.8) is 0 Å². The molecule has 0 aliphatic rings. The van der Waals surface area contributed by atoms with E-state index in [-0.39, 0.29) is 56.7 Å². The third-order valence-corrected chi connectivity index (χ3v) is 4.92. The maximum absolute atomic E-state index is 10.9. The highest BCUT2D eigenvalue weighted by Gasteiger charge is 2.37. The number of nitrogens with two attached hydrogens (primary N) is 2. The zero-order chi connectivity index (χ0) is 23.2. The van der Waals surface area contributed by atoms with E-state index >= 15 is 0 Å². The summed E-state index contributed by atoms with van der Waals surface area (Å²) >= 11 is 0. The van der Waals surface area contributed by atoms with E-state index in [1.165, 1.54) is 27.2 Å². The molecule has 0 saturated carbocycles. The average molecular weight is 433 g/mol. The molecule has 0 unspecified atom stereocenters. The summed E-state index contributed by atoms with van der Waals surface area (Å²) in [6.45, 7) is 2.95. The number of hydrogen-bond donors (Lipinski definition) is 8. The van der Waals surface area contributed by atoms with Crippen LogP contribution in [0.4, 0.5) is 17.5 Å². The fraction of sp³-hybridized carbons (Fsp3) is 0.263. The van der Waals surface area contributed by atoms with E-state index in [1.54, 1.807) is 6.92 Å². The quantitative estimate of drug-likeness (QED) is 0.207. The maximum Gasteiger partial charge on any atom is 0.277 e. The number of nitrogens with one attached hydrogen (secondary N) is 1. The van der Waals surface area contributed by atoms with E-state index in [0.717, 1.165) is 0 Å². The molecule has 0 spiro atoms. The standard InChI is InChI=1S/C19H23N5O7/c1-6-10-13(22-18(21)23-17(10)20)15(27)14(26)11(6)19(28,29)24-12-7(2)16(31-4)9(30-3)5-8(12)25/h5,24-29H,1-4H3,(H4,20,21,22,23). The lowest BCUT2D eigenvalue weighted by atomic mass is 9.97. The second-order valence-electron chi connectivity index (χ2n) is 6.82. The van der Waals surface area contributed by atoms with Gasteiger partial charge in [-0.1, -0.05) is 0 Å². The largest absolute Gasteiger partial charge is 0.506 e. The first-order valence-corrected chi connectivity index (χ1v) is 8.89. The lowest BCUT2D eigenvalue weighted by molar-refractivity contribution is -0.145. The van der Waals surface area contributed by atoms with Crippen LogP contribution in [0.15, 0.2) is 6.07 Å². The zero-order valence-electron chi connectivity index (χ0n) is 17.2. The highest BCUT2D eigenvalue weighted by atomic mass is 16.5. The van der Waals surface area contributed by atoms with E-state index in [4.69, 9.17) is 20.9 Å². The molecular weight excluding hydrogens is 410 g/mol. The lowest BCUT2D eigenvalue weighted by Gasteiger charge is -2.29. The van der Waals surface area contributed by atoms with Crippen molar-refractivity contribution in [3.8, 4) is 28.7 Å². The molecule has 1 aromatic heterocycles. The predicted octanol–water partition coefficient (Wildman–Crippen LogP) is 0.752. The van der Waals surface area contributed by atoms with Crippen LogP contribution in [0, 0.1) is 13.8 Å². The molecule has 0 fully saturated rings. The Balaban J connectivity index is 2.25. The van der Waals surface area contributed by atoms with E-state index < -0.39 is 23.0 Å². The van der Waals surface area contributed by atoms with Gasteiger partial charge in [-0.15, -0.1) is 0 Å². The second kappa shape index (κ2) is 7.41. The average Bonchev–Trinajstić information content (AvgIpc) is 2.68. The number of phenolic OH excluding ortho intramolecular Hbond substituents is 3. The Morgan fingerprint density at radius 2 is 1.61 bits per heavy atom. The molecule has 0 aliphatic carbocycles. The maximum atomic E-state index is 10.9. The van der Waals surface area contributed by atoms with Gasteiger partial charge in [-0.05, 0) is 19.4 Å². The number of phenols is 3. The zero-order valence-corrected chi connectivity index (χ0v) is 17.2. The Morgan fingerprint density at radius 3 is 2.19 bits per heavy atom. The molecular formula is C19H23N5O7. The van der Waals surface area contributed by atoms with Gasteiger partial charge in [-0.3, -0.25) is 0 Å². The summed E-state index contributed by atoms with van der Waals surface area (Å²) in [5.41, 5.74) is 10.9. The number of hydrogen-bond acceptors (Lipinski definition) is 12. The summed E-state index contributed by atoms with van der Waals surface area (Å²) in [7, 11) is 2.76. The highest BCUT2D eigenvalue weighted by molar-refractivity contribution is 5.98. The molecule has 0 bridgehead atoms. The first-order valence-electron chi connectivity index (χ1n) is 8.89. The van der Waals surface area contributed by atoms with Crippen molar-refractivity contribution in [3.05, 3.63) is 22.8 Å². The number of aromatic hydroxyl groups is 3. The molecule has 12 nitrogen and oxygen atoms in total. The molecule has 0 atom stereocenters. The summed E-state index contributed by atoms with van der Waals surface area (Å²) in [6.07, 6.45) is 0. The van der Waals surface area contributed by atoms with Gasteiger partial charge in [-0.25, -0.2) is 4.98 Å². The monoisotopic (exact) mass is 433 g/mol. The molecule has 0 aliphatic heterocycles. The molecule has 1 heterocycles. The normalized spacial score (nSPS) is 11.5. The van der Waals surface area contributed by atoms with E-state index in [1.807, 2.05) is 0 Å². The van der Waals surface area contributed by atoms with Crippen molar-refractivity contribution in [2.45, 2.75) is 19.8 Å². The molecule has 12 heteroatoms. The van der Waals surface area contributed by atoms with Gasteiger partial charge in [0.2, 0.25) is 5.95 Å².